The minimum absolute atomic E-state index is 0.106. The normalized spacial score (nSPS) is 24.0. The zero-order valence-corrected chi connectivity index (χ0v) is 19.8. The Morgan fingerprint density at radius 3 is 2.66 bits per heavy atom. The van der Waals surface area contributed by atoms with Crippen molar-refractivity contribution in [1.82, 2.24) is 10.2 Å². The summed E-state index contributed by atoms with van der Waals surface area (Å²) in [5.41, 5.74) is 2.06. The van der Waals surface area contributed by atoms with Gasteiger partial charge in [0.1, 0.15) is 5.82 Å². The number of aryl methyl sites for hydroxylation is 1. The average Bonchev–Trinajstić information content (AvgIpc) is 3.29. The third-order valence-corrected chi connectivity index (χ3v) is 7.45. The summed E-state index contributed by atoms with van der Waals surface area (Å²) in [5.74, 6) is 1.25. The number of carbonyl (C=O) groups excluding carboxylic acids is 1. The van der Waals surface area contributed by atoms with Crippen LogP contribution < -0.4 is 5.32 Å². The summed E-state index contributed by atoms with van der Waals surface area (Å²) >= 11 is 5.97. The minimum Gasteiger partial charge on any atom is -0.352 e. The second-order valence-electron chi connectivity index (χ2n) is 9.89. The second-order valence-corrected chi connectivity index (χ2v) is 10.3. The molecule has 2 aromatic rings. The molecule has 1 aliphatic heterocycles. The van der Waals surface area contributed by atoms with E-state index < -0.39 is 0 Å². The van der Waals surface area contributed by atoms with Crippen LogP contribution in [0, 0.1) is 23.6 Å². The zero-order valence-electron chi connectivity index (χ0n) is 19.1. The molecule has 1 N–H and O–H groups in total. The number of halogens is 2. The van der Waals surface area contributed by atoms with Crippen LogP contribution >= 0.6 is 11.6 Å². The number of nitrogens with one attached hydrogen (secondary N) is 1. The lowest BCUT2D eigenvalue weighted by atomic mass is 9.87. The molecule has 1 aliphatic carbocycles. The third kappa shape index (κ3) is 5.52. The molecule has 0 spiro atoms. The van der Waals surface area contributed by atoms with E-state index >= 15 is 0 Å². The molecule has 2 aromatic carbocycles. The van der Waals surface area contributed by atoms with Crippen LogP contribution in [0.15, 0.2) is 48.5 Å². The molecule has 0 aromatic heterocycles. The van der Waals surface area contributed by atoms with E-state index in [1.54, 1.807) is 6.07 Å². The number of amides is 1. The number of likely N-dealkylation sites (tertiary alicyclic amines) is 1. The van der Waals surface area contributed by atoms with Gasteiger partial charge in [0.05, 0.1) is 5.92 Å². The van der Waals surface area contributed by atoms with Gasteiger partial charge in [-0.3, -0.25) is 4.79 Å². The Labute approximate surface area is 196 Å². The number of nitrogens with zero attached hydrogens (tertiary/aromatic N) is 1. The van der Waals surface area contributed by atoms with Gasteiger partial charge in [0.2, 0.25) is 5.91 Å². The smallest absolute Gasteiger partial charge is 0.228 e. The summed E-state index contributed by atoms with van der Waals surface area (Å²) in [6.45, 7) is 7.39. The Morgan fingerprint density at radius 2 is 1.94 bits per heavy atom. The van der Waals surface area contributed by atoms with Gasteiger partial charge in [0.25, 0.3) is 0 Å². The van der Waals surface area contributed by atoms with Crippen molar-refractivity contribution in [1.29, 1.82) is 0 Å². The molecule has 4 rings (SSSR count). The highest BCUT2D eigenvalue weighted by atomic mass is 35.5. The summed E-state index contributed by atoms with van der Waals surface area (Å²) in [6, 6.07) is 15.2. The average molecular weight is 457 g/mol. The van der Waals surface area contributed by atoms with Crippen molar-refractivity contribution in [3.05, 3.63) is 70.5 Å². The van der Waals surface area contributed by atoms with Gasteiger partial charge in [0, 0.05) is 24.2 Å². The number of hydrogen-bond acceptors (Lipinski definition) is 2. The topological polar surface area (TPSA) is 32.3 Å². The van der Waals surface area contributed by atoms with E-state index in [-0.39, 0.29) is 29.6 Å². The third-order valence-electron chi connectivity index (χ3n) is 7.23. The van der Waals surface area contributed by atoms with E-state index in [4.69, 9.17) is 11.6 Å². The maximum absolute atomic E-state index is 13.5. The van der Waals surface area contributed by atoms with Crippen LogP contribution in [0.4, 0.5) is 4.39 Å². The Bertz CT molecular complexity index is 899. The molecule has 1 saturated carbocycles. The standard InChI is InChI=1S/C27H34ClFN2O/c1-18(2)26(20-8-4-3-5-9-20)27(32)30-25-11-10-21-16-31(17-24(21)25)12-6-7-19-13-22(28)15-23(29)14-19/h3-5,8-9,13-15,18,21,24-26H,6-7,10-12,16-17H2,1-2H3,(H,30,32)/t21?,24-,25?,26?/m0/s1. The summed E-state index contributed by atoms with van der Waals surface area (Å²) < 4.78 is 13.5. The first-order chi connectivity index (χ1) is 15.4. The Morgan fingerprint density at radius 1 is 1.16 bits per heavy atom. The molecule has 1 saturated heterocycles. The predicted octanol–water partition coefficient (Wildman–Crippen LogP) is 5.68. The maximum Gasteiger partial charge on any atom is 0.228 e. The van der Waals surface area contributed by atoms with Gasteiger partial charge in [-0.25, -0.2) is 4.39 Å². The lowest BCUT2D eigenvalue weighted by molar-refractivity contribution is -0.124. The molecular weight excluding hydrogens is 423 g/mol. The molecule has 2 fully saturated rings. The molecule has 0 bridgehead atoms. The fourth-order valence-corrected chi connectivity index (χ4v) is 6.00. The van der Waals surface area contributed by atoms with Gasteiger partial charge >= 0.3 is 0 Å². The van der Waals surface area contributed by atoms with E-state index in [1.165, 1.54) is 12.5 Å². The monoisotopic (exact) mass is 456 g/mol. The number of hydrogen-bond donors (Lipinski definition) is 1. The van der Waals surface area contributed by atoms with E-state index in [9.17, 15) is 9.18 Å². The molecule has 4 atom stereocenters. The van der Waals surface area contributed by atoms with Gasteiger partial charge in [-0.15, -0.1) is 0 Å². The predicted molar refractivity (Wildman–Crippen MR) is 128 cm³/mol. The highest BCUT2D eigenvalue weighted by Gasteiger charge is 2.43. The molecule has 2 aliphatic rings. The van der Waals surface area contributed by atoms with Crippen molar-refractivity contribution >= 4 is 17.5 Å². The van der Waals surface area contributed by atoms with E-state index in [0.29, 0.717) is 16.9 Å². The highest BCUT2D eigenvalue weighted by Crippen LogP contribution is 2.39. The summed E-state index contributed by atoms with van der Waals surface area (Å²) in [5, 5.41) is 3.89. The van der Waals surface area contributed by atoms with Crippen molar-refractivity contribution < 1.29 is 9.18 Å². The largest absolute Gasteiger partial charge is 0.352 e. The van der Waals surface area contributed by atoms with E-state index in [2.05, 4.69) is 36.2 Å². The molecule has 1 amide bonds. The molecule has 172 valence electrons. The first-order valence-corrected chi connectivity index (χ1v) is 12.3. The molecule has 1 heterocycles. The molecule has 0 radical (unpaired) electrons. The first kappa shape index (κ1) is 23.3. The van der Waals surface area contributed by atoms with E-state index in [0.717, 1.165) is 50.0 Å². The molecule has 3 unspecified atom stereocenters. The summed E-state index contributed by atoms with van der Waals surface area (Å²) in [6.07, 6.45) is 4.08. The Balaban J connectivity index is 1.30. The SMILES string of the molecule is CC(C)C(C(=O)NC1CCC2CN(CCCc3cc(F)cc(Cl)c3)C[C@@H]21)c1ccccc1. The van der Waals surface area contributed by atoms with Gasteiger partial charge in [-0.2, -0.15) is 0 Å². The molecule has 32 heavy (non-hydrogen) atoms. The zero-order chi connectivity index (χ0) is 22.7. The van der Waals surface area contributed by atoms with Crippen molar-refractivity contribution in [3.63, 3.8) is 0 Å². The van der Waals surface area contributed by atoms with Crippen LogP contribution in [0.1, 0.15) is 50.2 Å². The van der Waals surface area contributed by atoms with Crippen LogP contribution in [0.3, 0.4) is 0 Å². The fraction of sp³-hybridized carbons (Fsp3) is 0.519. The van der Waals surface area contributed by atoms with Crippen molar-refractivity contribution in [2.75, 3.05) is 19.6 Å². The van der Waals surface area contributed by atoms with Crippen molar-refractivity contribution in [2.24, 2.45) is 17.8 Å². The Hall–Kier alpha value is -1.91. The fourth-order valence-electron chi connectivity index (χ4n) is 5.75. The number of fused-ring (bicyclic) bond motifs is 1. The van der Waals surface area contributed by atoms with Crippen molar-refractivity contribution in [2.45, 2.75) is 51.5 Å². The van der Waals surface area contributed by atoms with Gasteiger partial charge in [-0.1, -0.05) is 55.8 Å². The molecule has 5 heteroatoms. The first-order valence-electron chi connectivity index (χ1n) is 11.9. The number of carbonyl (C=O) groups is 1. The summed E-state index contributed by atoms with van der Waals surface area (Å²) in [4.78, 5) is 15.7. The van der Waals surface area contributed by atoms with Crippen LogP contribution in [0.25, 0.3) is 0 Å². The van der Waals surface area contributed by atoms with Crippen molar-refractivity contribution in [3.8, 4) is 0 Å². The van der Waals surface area contributed by atoms with Crippen LogP contribution in [-0.4, -0.2) is 36.5 Å². The lowest BCUT2D eigenvalue weighted by Crippen LogP contribution is -2.43. The van der Waals surface area contributed by atoms with Crippen LogP contribution in [0.2, 0.25) is 5.02 Å². The van der Waals surface area contributed by atoms with Crippen LogP contribution in [0.5, 0.6) is 0 Å². The maximum atomic E-state index is 13.5. The quantitative estimate of drug-likeness (QED) is 0.554. The number of benzene rings is 2. The molecule has 3 nitrogen and oxygen atoms in total. The van der Waals surface area contributed by atoms with Gasteiger partial charge in [0.15, 0.2) is 0 Å². The molecular formula is C27H34ClFN2O. The Kier molecular flexibility index (Phi) is 7.52. The van der Waals surface area contributed by atoms with E-state index in [1.807, 2.05) is 24.3 Å². The van der Waals surface area contributed by atoms with Gasteiger partial charge < -0.3 is 10.2 Å². The summed E-state index contributed by atoms with van der Waals surface area (Å²) in [7, 11) is 0. The second kappa shape index (κ2) is 10.4. The van der Waals surface area contributed by atoms with Crippen LogP contribution in [-0.2, 0) is 11.2 Å². The van der Waals surface area contributed by atoms with Gasteiger partial charge in [-0.05, 0) is 79.3 Å². The number of rotatable bonds is 8. The lowest BCUT2D eigenvalue weighted by Gasteiger charge is -2.26. The highest BCUT2D eigenvalue weighted by molar-refractivity contribution is 6.30. The minimum atomic E-state index is -0.267.